The number of aliphatic hydroxyl groups is 4. The summed E-state index contributed by atoms with van der Waals surface area (Å²) in [6.07, 6.45) is -6.86. The summed E-state index contributed by atoms with van der Waals surface area (Å²) in [6.45, 7) is -0.549. The van der Waals surface area contributed by atoms with Gasteiger partial charge < -0.3 is 35.6 Å². The highest BCUT2D eigenvalue weighted by atomic mass is 16.7. The van der Waals surface area contributed by atoms with Gasteiger partial charge in [0.05, 0.1) is 6.61 Å². The number of ether oxygens (including phenoxy) is 2. The minimum atomic E-state index is -1.53. The highest BCUT2D eigenvalue weighted by molar-refractivity contribution is 5.93. The van der Waals surface area contributed by atoms with Gasteiger partial charge in [-0.15, -0.1) is 0 Å². The minimum absolute atomic E-state index is 0.190. The van der Waals surface area contributed by atoms with E-state index in [0.29, 0.717) is 0 Å². The maximum absolute atomic E-state index is 11.1. The van der Waals surface area contributed by atoms with Crippen molar-refractivity contribution in [3.63, 3.8) is 0 Å². The molecule has 0 aliphatic carbocycles. The third kappa shape index (κ3) is 3.31. The molecule has 21 heavy (non-hydrogen) atoms. The lowest BCUT2D eigenvalue weighted by atomic mass is 9.99. The second-order valence-corrected chi connectivity index (χ2v) is 4.71. The van der Waals surface area contributed by atoms with Gasteiger partial charge in [0, 0.05) is 5.56 Å². The Kier molecular flexibility index (Phi) is 4.76. The van der Waals surface area contributed by atoms with Crippen LogP contribution in [0.1, 0.15) is 10.4 Å². The molecule has 1 aromatic carbocycles. The maximum atomic E-state index is 11.1. The fraction of sp³-hybridized carbons (Fsp3) is 0.462. The van der Waals surface area contributed by atoms with Crippen LogP contribution in [-0.2, 0) is 4.74 Å². The first-order valence-electron chi connectivity index (χ1n) is 6.31. The van der Waals surface area contributed by atoms with E-state index >= 15 is 0 Å². The van der Waals surface area contributed by atoms with Crippen molar-refractivity contribution in [2.75, 3.05) is 6.61 Å². The highest BCUT2D eigenvalue weighted by Crippen LogP contribution is 2.24. The second-order valence-electron chi connectivity index (χ2n) is 4.71. The molecule has 1 aliphatic rings. The molecule has 2 rings (SSSR count). The van der Waals surface area contributed by atoms with Crippen LogP contribution in [0.25, 0.3) is 0 Å². The second kappa shape index (κ2) is 6.37. The molecular weight excluding hydrogens is 282 g/mol. The number of carbonyl (C=O) groups is 1. The lowest BCUT2D eigenvalue weighted by Gasteiger charge is -2.39. The standard InChI is InChI=1S/C13H17NO7/c14-12(19)6-2-1-3-7(4-6)20-13-11(18)10(17)9(16)8(5-15)21-13/h1-4,8-11,13,15-18H,5H2,(H2,14,19)/t8-,9-,10+,11+,13+/m1/s1. The van der Waals surface area contributed by atoms with Gasteiger partial charge in [-0.05, 0) is 18.2 Å². The molecule has 0 bridgehead atoms. The Balaban J connectivity index is 2.14. The van der Waals surface area contributed by atoms with E-state index in [-0.39, 0.29) is 11.3 Å². The summed E-state index contributed by atoms with van der Waals surface area (Å²) in [6, 6.07) is 5.87. The first-order chi connectivity index (χ1) is 9.93. The van der Waals surface area contributed by atoms with Gasteiger partial charge in [0.2, 0.25) is 12.2 Å². The Labute approximate surface area is 120 Å². The first kappa shape index (κ1) is 15.7. The molecule has 8 heteroatoms. The number of amides is 1. The van der Waals surface area contributed by atoms with Crippen molar-refractivity contribution in [2.24, 2.45) is 5.73 Å². The van der Waals surface area contributed by atoms with Gasteiger partial charge in [-0.1, -0.05) is 6.07 Å². The largest absolute Gasteiger partial charge is 0.462 e. The fourth-order valence-electron chi connectivity index (χ4n) is 2.02. The number of hydrogen-bond acceptors (Lipinski definition) is 7. The lowest BCUT2D eigenvalue weighted by Crippen LogP contribution is -2.60. The molecule has 8 nitrogen and oxygen atoms in total. The van der Waals surface area contributed by atoms with E-state index in [1.54, 1.807) is 0 Å². The first-order valence-corrected chi connectivity index (χ1v) is 6.31. The third-order valence-electron chi connectivity index (χ3n) is 3.22. The van der Waals surface area contributed by atoms with Crippen molar-refractivity contribution in [2.45, 2.75) is 30.7 Å². The van der Waals surface area contributed by atoms with E-state index in [4.69, 9.17) is 20.3 Å². The van der Waals surface area contributed by atoms with Crippen LogP contribution in [0.15, 0.2) is 24.3 Å². The molecule has 1 amide bonds. The van der Waals surface area contributed by atoms with E-state index in [1.165, 1.54) is 24.3 Å². The van der Waals surface area contributed by atoms with Crippen LogP contribution in [0.3, 0.4) is 0 Å². The predicted octanol–water partition coefficient (Wildman–Crippen LogP) is -2.04. The normalized spacial score (nSPS) is 32.7. The molecule has 0 spiro atoms. The molecule has 0 aromatic heterocycles. The molecular formula is C13H17NO7. The topological polar surface area (TPSA) is 142 Å². The van der Waals surface area contributed by atoms with Crippen LogP contribution in [0, 0.1) is 0 Å². The molecule has 1 aromatic rings. The summed E-state index contributed by atoms with van der Waals surface area (Å²) in [5, 5.41) is 38.2. The summed E-state index contributed by atoms with van der Waals surface area (Å²) >= 11 is 0. The molecule has 6 N–H and O–H groups in total. The molecule has 1 fully saturated rings. The Morgan fingerprint density at radius 3 is 2.57 bits per heavy atom. The SMILES string of the molecule is NC(=O)c1cccc(O[C@H]2O[C@H](CO)[C@@H](O)[C@H](O)[C@@H]2O)c1. The van der Waals surface area contributed by atoms with Gasteiger partial charge in [0.15, 0.2) is 0 Å². The third-order valence-corrected chi connectivity index (χ3v) is 3.22. The molecule has 0 unspecified atom stereocenters. The Hall–Kier alpha value is -1.71. The van der Waals surface area contributed by atoms with E-state index in [2.05, 4.69) is 0 Å². The lowest BCUT2D eigenvalue weighted by molar-refractivity contribution is -0.277. The van der Waals surface area contributed by atoms with Crippen molar-refractivity contribution >= 4 is 5.91 Å². The molecule has 116 valence electrons. The van der Waals surface area contributed by atoms with Crippen LogP contribution in [0.4, 0.5) is 0 Å². The van der Waals surface area contributed by atoms with Gasteiger partial charge in [0.25, 0.3) is 0 Å². The molecule has 5 atom stereocenters. The Bertz CT molecular complexity index is 507. The van der Waals surface area contributed by atoms with Crippen LogP contribution in [0.5, 0.6) is 5.75 Å². The highest BCUT2D eigenvalue weighted by Gasteiger charge is 2.44. The van der Waals surface area contributed by atoms with E-state index in [0.717, 1.165) is 0 Å². The number of nitrogens with two attached hydrogens (primary N) is 1. The fourth-order valence-corrected chi connectivity index (χ4v) is 2.02. The summed E-state index contributed by atoms with van der Waals surface area (Å²) in [4.78, 5) is 11.1. The minimum Gasteiger partial charge on any atom is -0.462 e. The molecule has 1 saturated heterocycles. The van der Waals surface area contributed by atoms with Crippen molar-refractivity contribution in [3.05, 3.63) is 29.8 Å². The van der Waals surface area contributed by atoms with Crippen molar-refractivity contribution in [3.8, 4) is 5.75 Å². The Morgan fingerprint density at radius 2 is 1.95 bits per heavy atom. The zero-order valence-corrected chi connectivity index (χ0v) is 11.0. The molecule has 0 saturated carbocycles. The Morgan fingerprint density at radius 1 is 1.24 bits per heavy atom. The summed E-state index contributed by atoms with van der Waals surface area (Å²) in [5.74, 6) is -0.454. The monoisotopic (exact) mass is 299 g/mol. The van der Waals surface area contributed by atoms with Gasteiger partial charge in [-0.2, -0.15) is 0 Å². The summed E-state index contributed by atoms with van der Waals surface area (Å²) in [7, 11) is 0. The van der Waals surface area contributed by atoms with Crippen LogP contribution < -0.4 is 10.5 Å². The summed E-state index contributed by atoms with van der Waals surface area (Å²) < 4.78 is 10.5. The predicted molar refractivity (Wildman–Crippen MR) is 69.4 cm³/mol. The number of hydrogen-bond donors (Lipinski definition) is 5. The average molecular weight is 299 g/mol. The number of rotatable bonds is 4. The van der Waals surface area contributed by atoms with E-state index < -0.39 is 43.2 Å². The number of aliphatic hydroxyl groups excluding tert-OH is 4. The number of primary amides is 1. The van der Waals surface area contributed by atoms with Crippen LogP contribution >= 0.6 is 0 Å². The number of carbonyl (C=O) groups excluding carboxylic acids is 1. The van der Waals surface area contributed by atoms with Gasteiger partial charge in [-0.3, -0.25) is 4.79 Å². The van der Waals surface area contributed by atoms with E-state index in [9.17, 15) is 20.1 Å². The zero-order chi connectivity index (χ0) is 15.6. The van der Waals surface area contributed by atoms with Gasteiger partial charge in [0.1, 0.15) is 30.2 Å². The molecule has 1 heterocycles. The van der Waals surface area contributed by atoms with Gasteiger partial charge >= 0.3 is 0 Å². The molecule has 1 aliphatic heterocycles. The van der Waals surface area contributed by atoms with Crippen LogP contribution in [0.2, 0.25) is 0 Å². The average Bonchev–Trinajstić information content (AvgIpc) is 2.48. The maximum Gasteiger partial charge on any atom is 0.248 e. The summed E-state index contributed by atoms with van der Waals surface area (Å²) in [5.41, 5.74) is 5.35. The van der Waals surface area contributed by atoms with Crippen LogP contribution in [-0.4, -0.2) is 63.6 Å². The van der Waals surface area contributed by atoms with Crippen molar-refractivity contribution in [1.82, 2.24) is 0 Å². The van der Waals surface area contributed by atoms with Gasteiger partial charge in [-0.25, -0.2) is 0 Å². The zero-order valence-electron chi connectivity index (χ0n) is 11.0. The smallest absolute Gasteiger partial charge is 0.248 e. The quantitative estimate of drug-likeness (QED) is 0.431. The van der Waals surface area contributed by atoms with E-state index in [1.807, 2.05) is 0 Å². The van der Waals surface area contributed by atoms with Crippen molar-refractivity contribution < 1.29 is 34.7 Å². The molecule has 0 radical (unpaired) electrons. The van der Waals surface area contributed by atoms with Crippen molar-refractivity contribution in [1.29, 1.82) is 0 Å². The number of benzene rings is 1.